The first-order chi connectivity index (χ1) is 16.5. The van der Waals surface area contributed by atoms with Gasteiger partial charge < -0.3 is 9.30 Å². The molecule has 4 aromatic rings. The van der Waals surface area contributed by atoms with E-state index in [9.17, 15) is 13.2 Å². The second kappa shape index (κ2) is 9.12. The monoisotopic (exact) mass is 484 g/mol. The normalized spacial score (nSPS) is 15.2. The number of aryl methyl sites for hydroxylation is 1. The molecule has 1 fully saturated rings. The molecule has 0 spiro atoms. The summed E-state index contributed by atoms with van der Waals surface area (Å²) >= 11 is 0. The number of aromatic nitrogens is 5. The highest BCUT2D eigenvalue weighted by atomic mass is 32.2. The van der Waals surface area contributed by atoms with Crippen molar-refractivity contribution in [2.45, 2.75) is 31.3 Å². The molecule has 0 aliphatic carbocycles. The number of sulfonamides is 1. The minimum Gasteiger partial charge on any atom is -0.379 e. The van der Waals surface area contributed by atoms with E-state index >= 15 is 0 Å². The molecule has 34 heavy (non-hydrogen) atoms. The van der Waals surface area contributed by atoms with Gasteiger partial charge >= 0.3 is 5.76 Å². The van der Waals surface area contributed by atoms with Crippen LogP contribution in [-0.2, 0) is 27.8 Å². The van der Waals surface area contributed by atoms with Gasteiger partial charge in [0.2, 0.25) is 15.8 Å². The van der Waals surface area contributed by atoms with Gasteiger partial charge in [0.1, 0.15) is 11.5 Å². The Labute approximate surface area is 195 Å². The number of rotatable bonds is 7. The maximum absolute atomic E-state index is 13.1. The van der Waals surface area contributed by atoms with Gasteiger partial charge in [-0.25, -0.2) is 22.8 Å². The Morgan fingerprint density at radius 2 is 1.91 bits per heavy atom. The fraction of sp³-hybridized carbons (Fsp3) is 0.364. The zero-order valence-corrected chi connectivity index (χ0v) is 19.4. The predicted octanol–water partition coefficient (Wildman–Crippen LogP) is 1.73. The SMILES string of the molecule is CCCn1c(Cn2c(-c3ccccn3)noc2=O)nc2cc(S(=O)(=O)N3CCOCC3)ccc21. The van der Waals surface area contributed by atoms with Crippen molar-refractivity contribution in [3.05, 3.63) is 59.0 Å². The van der Waals surface area contributed by atoms with Crippen LogP contribution in [0.1, 0.15) is 19.2 Å². The lowest BCUT2D eigenvalue weighted by Gasteiger charge is -2.26. The Hall–Kier alpha value is -3.35. The molecule has 0 N–H and O–H groups in total. The number of imidazole rings is 1. The third-order valence-electron chi connectivity index (χ3n) is 5.73. The number of hydrogen-bond acceptors (Lipinski definition) is 8. The highest BCUT2D eigenvalue weighted by Crippen LogP contribution is 2.25. The van der Waals surface area contributed by atoms with E-state index in [2.05, 4.69) is 10.1 Å². The highest BCUT2D eigenvalue weighted by molar-refractivity contribution is 7.89. The van der Waals surface area contributed by atoms with Gasteiger partial charge in [-0.05, 0) is 36.8 Å². The van der Waals surface area contributed by atoms with Gasteiger partial charge in [0.05, 0.1) is 35.7 Å². The topological polar surface area (TPSA) is 125 Å². The molecule has 5 rings (SSSR count). The number of nitrogens with zero attached hydrogens (tertiary/aromatic N) is 6. The molecule has 1 aliphatic rings. The lowest BCUT2D eigenvalue weighted by atomic mass is 10.3. The number of fused-ring (bicyclic) bond motifs is 1. The molecule has 178 valence electrons. The van der Waals surface area contributed by atoms with Crippen molar-refractivity contribution < 1.29 is 17.7 Å². The van der Waals surface area contributed by atoms with Crippen molar-refractivity contribution in [1.29, 1.82) is 0 Å². The van der Waals surface area contributed by atoms with Crippen molar-refractivity contribution in [3.63, 3.8) is 0 Å². The molecule has 1 aliphatic heterocycles. The Kier molecular flexibility index (Phi) is 6.02. The summed E-state index contributed by atoms with van der Waals surface area (Å²) in [6.07, 6.45) is 2.44. The van der Waals surface area contributed by atoms with Gasteiger partial charge in [0.25, 0.3) is 0 Å². The van der Waals surface area contributed by atoms with Gasteiger partial charge in [0.15, 0.2) is 0 Å². The molecule has 1 saturated heterocycles. The predicted molar refractivity (Wildman–Crippen MR) is 123 cm³/mol. The Bertz CT molecular complexity index is 1470. The molecular formula is C22H24N6O5S. The van der Waals surface area contributed by atoms with Crippen molar-refractivity contribution in [2.75, 3.05) is 26.3 Å². The summed E-state index contributed by atoms with van der Waals surface area (Å²) in [5.41, 5.74) is 1.84. The average Bonchev–Trinajstić information content (AvgIpc) is 3.40. The zero-order valence-electron chi connectivity index (χ0n) is 18.6. The van der Waals surface area contributed by atoms with E-state index in [4.69, 9.17) is 14.2 Å². The van der Waals surface area contributed by atoms with E-state index in [1.807, 2.05) is 11.5 Å². The van der Waals surface area contributed by atoms with Crippen LogP contribution in [0, 0.1) is 0 Å². The first kappa shape index (κ1) is 22.4. The van der Waals surface area contributed by atoms with Gasteiger partial charge in [0, 0.05) is 25.8 Å². The van der Waals surface area contributed by atoms with Crippen molar-refractivity contribution in [3.8, 4) is 11.5 Å². The smallest absolute Gasteiger partial charge is 0.379 e. The molecular weight excluding hydrogens is 460 g/mol. The minimum absolute atomic E-state index is 0.106. The lowest BCUT2D eigenvalue weighted by Crippen LogP contribution is -2.40. The summed E-state index contributed by atoms with van der Waals surface area (Å²) in [4.78, 5) is 21.6. The number of pyridine rings is 1. The third-order valence-corrected chi connectivity index (χ3v) is 7.63. The molecule has 12 heteroatoms. The fourth-order valence-electron chi connectivity index (χ4n) is 4.08. The van der Waals surface area contributed by atoms with E-state index in [-0.39, 0.29) is 11.4 Å². The number of ether oxygens (including phenoxy) is 1. The van der Waals surface area contributed by atoms with Crippen LogP contribution in [-0.4, -0.2) is 63.3 Å². The van der Waals surface area contributed by atoms with Crippen molar-refractivity contribution in [1.82, 2.24) is 28.6 Å². The van der Waals surface area contributed by atoms with Crippen molar-refractivity contribution in [2.24, 2.45) is 0 Å². The number of morpholine rings is 1. The van der Waals surface area contributed by atoms with E-state index in [1.54, 1.807) is 42.6 Å². The van der Waals surface area contributed by atoms with E-state index < -0.39 is 15.8 Å². The molecule has 0 radical (unpaired) electrons. The van der Waals surface area contributed by atoms with Gasteiger partial charge in [-0.3, -0.25) is 9.51 Å². The number of hydrogen-bond donors (Lipinski definition) is 0. The largest absolute Gasteiger partial charge is 0.442 e. The Morgan fingerprint density at radius 3 is 2.65 bits per heavy atom. The molecule has 0 unspecified atom stereocenters. The molecule has 0 saturated carbocycles. The summed E-state index contributed by atoms with van der Waals surface area (Å²) in [6, 6.07) is 10.3. The highest BCUT2D eigenvalue weighted by Gasteiger charge is 2.27. The fourth-order valence-corrected chi connectivity index (χ4v) is 5.51. The van der Waals surface area contributed by atoms with Gasteiger partial charge in [-0.15, -0.1) is 0 Å². The van der Waals surface area contributed by atoms with Crippen LogP contribution in [0.3, 0.4) is 0 Å². The minimum atomic E-state index is -3.65. The second-order valence-corrected chi connectivity index (χ2v) is 9.86. The zero-order chi connectivity index (χ0) is 23.7. The maximum atomic E-state index is 13.1. The first-order valence-corrected chi connectivity index (χ1v) is 12.5. The molecule has 4 heterocycles. The van der Waals surface area contributed by atoms with Gasteiger partial charge in [-0.2, -0.15) is 4.31 Å². The third kappa shape index (κ3) is 4.04. The van der Waals surface area contributed by atoms with Crippen LogP contribution in [0.25, 0.3) is 22.6 Å². The number of benzene rings is 1. The van der Waals surface area contributed by atoms with Crippen LogP contribution in [0.4, 0.5) is 0 Å². The second-order valence-electron chi connectivity index (χ2n) is 7.92. The molecule has 3 aromatic heterocycles. The van der Waals surface area contributed by atoms with Gasteiger partial charge in [-0.1, -0.05) is 18.1 Å². The Morgan fingerprint density at radius 1 is 1.09 bits per heavy atom. The average molecular weight is 485 g/mol. The van der Waals surface area contributed by atoms with Crippen LogP contribution >= 0.6 is 0 Å². The first-order valence-electron chi connectivity index (χ1n) is 11.0. The summed E-state index contributed by atoms with van der Waals surface area (Å²) < 4.78 is 41.2. The molecule has 11 nitrogen and oxygen atoms in total. The van der Waals surface area contributed by atoms with Crippen LogP contribution in [0.2, 0.25) is 0 Å². The Balaban J connectivity index is 1.56. The van der Waals surface area contributed by atoms with Crippen molar-refractivity contribution >= 4 is 21.1 Å². The maximum Gasteiger partial charge on any atom is 0.442 e. The quantitative estimate of drug-likeness (QED) is 0.388. The summed E-state index contributed by atoms with van der Waals surface area (Å²) in [7, 11) is -3.65. The molecule has 0 atom stereocenters. The van der Waals surface area contributed by atoms with Crippen LogP contribution in [0.5, 0.6) is 0 Å². The van der Waals surface area contributed by atoms with E-state index in [0.29, 0.717) is 55.7 Å². The molecule has 0 bridgehead atoms. The van der Waals surface area contributed by atoms with E-state index in [1.165, 1.54) is 8.87 Å². The summed E-state index contributed by atoms with van der Waals surface area (Å²) in [6.45, 7) is 4.20. The molecule has 1 aromatic carbocycles. The van der Waals surface area contributed by atoms with Crippen LogP contribution < -0.4 is 5.76 Å². The lowest BCUT2D eigenvalue weighted by molar-refractivity contribution is 0.0730. The van der Waals surface area contributed by atoms with Crippen LogP contribution in [0.15, 0.2) is 56.8 Å². The standard InChI is InChI=1S/C22H24N6O5S/c1-2-9-27-19-7-6-16(34(30,31)26-10-12-32-13-11-26)14-18(19)24-20(27)15-28-21(25-33-22(28)29)17-5-3-4-8-23-17/h3-8,14H,2,9-13,15H2,1H3. The van der Waals surface area contributed by atoms with E-state index in [0.717, 1.165) is 11.9 Å². The molecule has 0 amide bonds. The summed E-state index contributed by atoms with van der Waals surface area (Å²) in [5, 5.41) is 3.89. The summed E-state index contributed by atoms with van der Waals surface area (Å²) in [5.74, 6) is 0.280.